The van der Waals surface area contributed by atoms with Gasteiger partial charge >= 0.3 is 5.97 Å². The number of nitrogens with one attached hydrogen (secondary N) is 2. The van der Waals surface area contributed by atoms with Crippen LogP contribution in [0.3, 0.4) is 0 Å². The average Bonchev–Trinajstić information content (AvgIpc) is 2.89. The van der Waals surface area contributed by atoms with Gasteiger partial charge in [0.15, 0.2) is 0 Å². The molecule has 0 fully saturated rings. The number of halogens is 5. The maximum Gasteiger partial charge on any atom is 0.308 e. The molecule has 0 aliphatic rings. The number of benzene rings is 3. The van der Waals surface area contributed by atoms with Crippen LogP contribution in [0.1, 0.15) is 61.0 Å². The molecule has 3 rings (SSSR count). The number of alkyl halides is 1. The number of esters is 1. The number of aromatic hydroxyl groups is 1. The molecular formula is C31H31BrClF3N2O5. The minimum absolute atomic E-state index is 0.0161. The van der Waals surface area contributed by atoms with Crippen molar-refractivity contribution < 1.29 is 37.4 Å². The molecule has 230 valence electrons. The number of aryl methyl sites for hydroxylation is 2. The third-order valence-corrected chi connectivity index (χ3v) is 7.23. The zero-order valence-electron chi connectivity index (χ0n) is 23.9. The second-order valence-corrected chi connectivity index (χ2v) is 11.4. The first kappa shape index (κ1) is 33.9. The smallest absolute Gasteiger partial charge is 0.308 e. The molecule has 0 aromatic heterocycles. The van der Waals surface area contributed by atoms with E-state index in [0.29, 0.717) is 26.2 Å². The van der Waals surface area contributed by atoms with Crippen LogP contribution in [-0.2, 0) is 19.1 Å². The molecule has 0 spiro atoms. The standard InChI is InChI=1S/C31H31BrClF3N2O5/c1-5-43-27(41)14-24(22-11-18(8-16(3)29(22)36)28-15(2)9-20(33)13-25(28)39)37-31(42)30(38-26(40)10-17(4)34)21-12-19(32)6-7-23(21)35/h6-9,11-13,17,24,30,39H,5,10,14H2,1-4H3,(H,37,42)(H,38,40)/t17?,24-,30?/m0/s1. The lowest BCUT2D eigenvalue weighted by Crippen LogP contribution is -2.43. The molecule has 3 atom stereocenters. The van der Waals surface area contributed by atoms with E-state index in [1.807, 2.05) is 0 Å². The fourth-order valence-electron chi connectivity index (χ4n) is 4.67. The zero-order chi connectivity index (χ0) is 32.0. The topological polar surface area (TPSA) is 105 Å². The molecule has 3 aromatic rings. The van der Waals surface area contributed by atoms with Gasteiger partial charge in [-0.2, -0.15) is 0 Å². The molecule has 2 amide bonds. The van der Waals surface area contributed by atoms with Gasteiger partial charge in [-0.3, -0.25) is 14.4 Å². The molecule has 0 saturated carbocycles. The summed E-state index contributed by atoms with van der Waals surface area (Å²) < 4.78 is 49.7. The summed E-state index contributed by atoms with van der Waals surface area (Å²) in [6.45, 7) is 5.93. The molecule has 0 aliphatic heterocycles. The lowest BCUT2D eigenvalue weighted by molar-refractivity contribution is -0.144. The number of ether oxygens (including phenoxy) is 1. The second kappa shape index (κ2) is 14.7. The Hall–Kier alpha value is -3.57. The number of hydrogen-bond donors (Lipinski definition) is 3. The summed E-state index contributed by atoms with van der Waals surface area (Å²) in [4.78, 5) is 38.8. The van der Waals surface area contributed by atoms with Gasteiger partial charge in [0.2, 0.25) is 11.8 Å². The van der Waals surface area contributed by atoms with E-state index in [-0.39, 0.29) is 29.0 Å². The van der Waals surface area contributed by atoms with Gasteiger partial charge in [-0.25, -0.2) is 13.2 Å². The van der Waals surface area contributed by atoms with Crippen molar-refractivity contribution in [3.8, 4) is 16.9 Å². The predicted octanol–water partition coefficient (Wildman–Crippen LogP) is 7.09. The maximum absolute atomic E-state index is 15.7. The summed E-state index contributed by atoms with van der Waals surface area (Å²) in [6.07, 6.45) is -2.65. The third kappa shape index (κ3) is 8.73. The fourth-order valence-corrected chi connectivity index (χ4v) is 5.32. The van der Waals surface area contributed by atoms with Crippen molar-refractivity contribution in [1.29, 1.82) is 0 Å². The minimum Gasteiger partial charge on any atom is -0.507 e. The highest BCUT2D eigenvalue weighted by Gasteiger charge is 2.31. The zero-order valence-corrected chi connectivity index (χ0v) is 26.2. The van der Waals surface area contributed by atoms with Crippen LogP contribution in [0.15, 0.2) is 46.9 Å². The molecule has 0 heterocycles. The third-order valence-electron chi connectivity index (χ3n) is 6.52. The van der Waals surface area contributed by atoms with Gasteiger partial charge in [-0.1, -0.05) is 27.5 Å². The van der Waals surface area contributed by atoms with Crippen molar-refractivity contribution >= 4 is 45.3 Å². The van der Waals surface area contributed by atoms with Gasteiger partial charge in [0, 0.05) is 26.2 Å². The highest BCUT2D eigenvalue weighted by molar-refractivity contribution is 9.10. The van der Waals surface area contributed by atoms with Crippen LogP contribution in [0.4, 0.5) is 13.2 Å². The van der Waals surface area contributed by atoms with Crippen LogP contribution in [0.2, 0.25) is 5.02 Å². The van der Waals surface area contributed by atoms with Crippen LogP contribution in [0, 0.1) is 25.5 Å². The number of carbonyl (C=O) groups excluding carboxylic acids is 3. The summed E-state index contributed by atoms with van der Waals surface area (Å²) in [6, 6.07) is 6.54. The Labute approximate surface area is 260 Å². The quantitative estimate of drug-likeness (QED) is 0.187. The van der Waals surface area contributed by atoms with E-state index < -0.39 is 60.5 Å². The summed E-state index contributed by atoms with van der Waals surface area (Å²) in [5.74, 6) is -4.36. The van der Waals surface area contributed by atoms with Crippen molar-refractivity contribution in [2.45, 2.75) is 58.8 Å². The van der Waals surface area contributed by atoms with Crippen molar-refractivity contribution in [1.82, 2.24) is 10.6 Å². The van der Waals surface area contributed by atoms with Crippen LogP contribution >= 0.6 is 27.5 Å². The van der Waals surface area contributed by atoms with E-state index in [1.54, 1.807) is 19.9 Å². The molecule has 0 bridgehead atoms. The lowest BCUT2D eigenvalue weighted by atomic mass is 9.92. The van der Waals surface area contributed by atoms with E-state index in [9.17, 15) is 28.3 Å². The van der Waals surface area contributed by atoms with E-state index in [4.69, 9.17) is 16.3 Å². The Morgan fingerprint density at radius 2 is 1.70 bits per heavy atom. The number of carbonyl (C=O) groups is 3. The van der Waals surface area contributed by atoms with Crippen LogP contribution in [0.25, 0.3) is 11.1 Å². The highest BCUT2D eigenvalue weighted by Crippen LogP contribution is 2.38. The van der Waals surface area contributed by atoms with Crippen molar-refractivity contribution in [3.05, 3.63) is 85.8 Å². The summed E-state index contributed by atoms with van der Waals surface area (Å²) in [5, 5.41) is 15.8. The SMILES string of the molecule is CCOC(=O)C[C@H](NC(=O)C(NC(=O)CC(C)F)c1cc(Br)ccc1F)c1cc(-c2c(C)cc(Cl)cc2O)cc(C)c1F. The Bertz CT molecular complexity index is 1510. The number of hydrogen-bond acceptors (Lipinski definition) is 5. The fraction of sp³-hybridized carbons (Fsp3) is 0.323. The molecule has 43 heavy (non-hydrogen) atoms. The van der Waals surface area contributed by atoms with Gasteiger partial charge in [0.1, 0.15) is 29.6 Å². The highest BCUT2D eigenvalue weighted by atomic mass is 79.9. The molecule has 0 aliphatic carbocycles. The first-order valence-corrected chi connectivity index (χ1v) is 14.5. The minimum atomic E-state index is -1.66. The Morgan fingerprint density at radius 1 is 1.00 bits per heavy atom. The second-order valence-electron chi connectivity index (χ2n) is 10.0. The Kier molecular flexibility index (Phi) is 11.6. The number of amides is 2. The molecule has 3 aromatic carbocycles. The van der Waals surface area contributed by atoms with Crippen LogP contribution in [0.5, 0.6) is 5.75 Å². The molecule has 3 N–H and O–H groups in total. The number of phenolic OH excluding ortho intramolecular Hbond substituents is 1. The van der Waals surface area contributed by atoms with Crippen molar-refractivity contribution in [2.75, 3.05) is 6.61 Å². The summed E-state index contributed by atoms with van der Waals surface area (Å²) in [7, 11) is 0. The van der Waals surface area contributed by atoms with Crippen molar-refractivity contribution in [3.63, 3.8) is 0 Å². The summed E-state index contributed by atoms with van der Waals surface area (Å²) >= 11 is 9.27. The van der Waals surface area contributed by atoms with Gasteiger partial charge in [0.05, 0.1) is 25.5 Å². The van der Waals surface area contributed by atoms with E-state index >= 15 is 4.39 Å². The summed E-state index contributed by atoms with van der Waals surface area (Å²) in [5.41, 5.74) is 1.10. The van der Waals surface area contributed by atoms with Crippen molar-refractivity contribution in [2.24, 2.45) is 0 Å². The van der Waals surface area contributed by atoms with E-state index in [1.165, 1.54) is 37.3 Å². The van der Waals surface area contributed by atoms with Crippen LogP contribution in [-0.4, -0.2) is 35.7 Å². The van der Waals surface area contributed by atoms with Gasteiger partial charge in [0.25, 0.3) is 0 Å². The van der Waals surface area contributed by atoms with E-state index in [0.717, 1.165) is 13.0 Å². The molecule has 2 unspecified atom stereocenters. The normalized spacial score (nSPS) is 13.1. The number of phenols is 1. The Balaban J connectivity index is 2.13. The van der Waals surface area contributed by atoms with E-state index in [2.05, 4.69) is 26.6 Å². The molecule has 0 saturated heterocycles. The maximum atomic E-state index is 15.7. The molecular weight excluding hydrogens is 653 g/mol. The van der Waals surface area contributed by atoms with Gasteiger partial charge < -0.3 is 20.5 Å². The average molecular weight is 684 g/mol. The van der Waals surface area contributed by atoms with Gasteiger partial charge in [-0.05, 0) is 86.8 Å². The lowest BCUT2D eigenvalue weighted by Gasteiger charge is -2.25. The van der Waals surface area contributed by atoms with Gasteiger partial charge in [-0.15, -0.1) is 0 Å². The monoisotopic (exact) mass is 682 g/mol. The number of rotatable bonds is 11. The van der Waals surface area contributed by atoms with Crippen LogP contribution < -0.4 is 10.6 Å². The Morgan fingerprint density at radius 3 is 2.33 bits per heavy atom. The molecule has 0 radical (unpaired) electrons. The molecule has 7 nitrogen and oxygen atoms in total. The largest absolute Gasteiger partial charge is 0.507 e. The molecule has 12 heteroatoms. The first-order chi connectivity index (χ1) is 20.2. The predicted molar refractivity (Wildman–Crippen MR) is 160 cm³/mol. The first-order valence-electron chi connectivity index (χ1n) is 13.4.